The van der Waals surface area contributed by atoms with Crippen LogP contribution in [0.25, 0.3) is 0 Å². The Hall–Kier alpha value is -2.93. The third kappa shape index (κ3) is 6.38. The van der Waals surface area contributed by atoms with E-state index >= 15 is 0 Å². The predicted molar refractivity (Wildman–Crippen MR) is 105 cm³/mol. The molecule has 0 heterocycles. The molecule has 0 aliphatic heterocycles. The fourth-order valence-corrected chi connectivity index (χ4v) is 2.67. The summed E-state index contributed by atoms with van der Waals surface area (Å²) in [5.74, 6) is -0.317. The molecule has 2 aromatic carbocycles. The third-order valence-corrected chi connectivity index (χ3v) is 4.16. The van der Waals surface area contributed by atoms with Crippen molar-refractivity contribution in [2.75, 3.05) is 25.6 Å². The Morgan fingerprint density at radius 1 is 1.22 bits per heavy atom. The van der Waals surface area contributed by atoms with Crippen LogP contribution in [-0.4, -0.2) is 37.1 Å². The number of carbonyl (C=O) groups excluding carboxylic acids is 1. The number of hydrogen-bond acceptors (Lipinski definition) is 5. The van der Waals surface area contributed by atoms with Crippen molar-refractivity contribution < 1.29 is 14.5 Å². The maximum atomic E-state index is 12.4. The highest BCUT2D eigenvalue weighted by Crippen LogP contribution is 2.25. The molecular weight excluding hydrogens is 346 g/mol. The van der Waals surface area contributed by atoms with Gasteiger partial charge in [0.2, 0.25) is 0 Å². The van der Waals surface area contributed by atoms with Crippen molar-refractivity contribution in [2.45, 2.75) is 25.8 Å². The van der Waals surface area contributed by atoms with Crippen LogP contribution in [0.5, 0.6) is 0 Å². The molecule has 1 unspecified atom stereocenters. The largest absolute Gasteiger partial charge is 0.383 e. The van der Waals surface area contributed by atoms with Gasteiger partial charge >= 0.3 is 0 Å². The number of anilines is 1. The molecule has 0 saturated heterocycles. The lowest BCUT2D eigenvalue weighted by Crippen LogP contribution is -2.32. The molecule has 7 heteroatoms. The Bertz CT molecular complexity index is 765. The highest BCUT2D eigenvalue weighted by atomic mass is 16.6. The van der Waals surface area contributed by atoms with Gasteiger partial charge in [-0.1, -0.05) is 30.3 Å². The topological polar surface area (TPSA) is 93.5 Å². The van der Waals surface area contributed by atoms with Crippen LogP contribution >= 0.6 is 0 Å². The molecule has 0 saturated carbocycles. The van der Waals surface area contributed by atoms with E-state index in [0.717, 1.165) is 12.8 Å². The number of nitrogens with one attached hydrogen (secondary N) is 2. The average Bonchev–Trinajstić information content (AvgIpc) is 2.67. The Kier molecular flexibility index (Phi) is 7.76. The Morgan fingerprint density at radius 2 is 1.96 bits per heavy atom. The van der Waals surface area contributed by atoms with E-state index in [2.05, 4.69) is 10.6 Å². The number of nitro groups is 1. The molecule has 0 fully saturated rings. The molecule has 0 bridgehead atoms. The van der Waals surface area contributed by atoms with E-state index in [4.69, 9.17) is 4.74 Å². The van der Waals surface area contributed by atoms with Gasteiger partial charge in [0.05, 0.1) is 11.5 Å². The number of nitrogens with zero attached hydrogens (tertiary/aromatic N) is 1. The molecule has 27 heavy (non-hydrogen) atoms. The number of hydrogen-bond donors (Lipinski definition) is 2. The summed E-state index contributed by atoms with van der Waals surface area (Å²) in [6.45, 7) is 2.80. The highest BCUT2D eigenvalue weighted by Gasteiger charge is 2.18. The van der Waals surface area contributed by atoms with Gasteiger partial charge < -0.3 is 15.4 Å². The first-order chi connectivity index (χ1) is 13.0. The molecule has 2 aromatic rings. The minimum atomic E-state index is -0.495. The fourth-order valence-electron chi connectivity index (χ4n) is 2.67. The van der Waals surface area contributed by atoms with Gasteiger partial charge in [0.1, 0.15) is 5.69 Å². The van der Waals surface area contributed by atoms with Crippen molar-refractivity contribution in [3.05, 3.63) is 69.8 Å². The van der Waals surface area contributed by atoms with Crippen LogP contribution in [0, 0.1) is 10.1 Å². The van der Waals surface area contributed by atoms with Crippen LogP contribution in [0.1, 0.15) is 29.3 Å². The minimum absolute atomic E-state index is 0.0451. The summed E-state index contributed by atoms with van der Waals surface area (Å²) in [6, 6.07) is 14.4. The number of nitro benzene ring substituents is 1. The summed E-state index contributed by atoms with van der Waals surface area (Å²) in [5.41, 5.74) is 1.72. The fraction of sp³-hybridized carbons (Fsp3) is 0.350. The second-order valence-corrected chi connectivity index (χ2v) is 6.31. The summed E-state index contributed by atoms with van der Waals surface area (Å²) in [4.78, 5) is 23.3. The Balaban J connectivity index is 1.98. The zero-order chi connectivity index (χ0) is 19.6. The standard InChI is InChI=1S/C20H25N3O4/c1-15(8-9-16-6-4-3-5-7-16)22-20(24)17-10-11-18(21-12-13-27-2)19(14-17)23(25)26/h3-7,10-11,14-15,21H,8-9,12-13H2,1-2H3,(H,22,24). The summed E-state index contributed by atoms with van der Waals surface area (Å²) < 4.78 is 4.93. The maximum absolute atomic E-state index is 12.4. The van der Waals surface area contributed by atoms with Crippen molar-refractivity contribution >= 4 is 17.3 Å². The molecule has 0 aromatic heterocycles. The van der Waals surface area contributed by atoms with Gasteiger partial charge in [-0.3, -0.25) is 14.9 Å². The lowest BCUT2D eigenvalue weighted by atomic mass is 10.1. The number of amides is 1. The summed E-state index contributed by atoms with van der Waals surface area (Å²) >= 11 is 0. The number of ether oxygens (including phenoxy) is 1. The molecule has 0 spiro atoms. The second kappa shape index (κ2) is 10.3. The van der Waals surface area contributed by atoms with Crippen LogP contribution in [-0.2, 0) is 11.2 Å². The summed E-state index contributed by atoms with van der Waals surface area (Å²) in [5, 5.41) is 17.2. The van der Waals surface area contributed by atoms with Crippen LogP contribution in [0.3, 0.4) is 0 Å². The summed E-state index contributed by atoms with van der Waals surface area (Å²) in [7, 11) is 1.56. The second-order valence-electron chi connectivity index (χ2n) is 6.31. The van der Waals surface area contributed by atoms with Gasteiger partial charge in [0.15, 0.2) is 0 Å². The highest BCUT2D eigenvalue weighted by molar-refractivity contribution is 5.95. The minimum Gasteiger partial charge on any atom is -0.383 e. The van der Waals surface area contributed by atoms with Crippen LogP contribution in [0.4, 0.5) is 11.4 Å². The first-order valence-electron chi connectivity index (χ1n) is 8.87. The first kappa shape index (κ1) is 20.4. The Labute approximate surface area is 158 Å². The number of rotatable bonds is 10. The number of carbonyl (C=O) groups is 1. The van der Waals surface area contributed by atoms with Crippen LogP contribution in [0.2, 0.25) is 0 Å². The van der Waals surface area contributed by atoms with Gasteiger partial charge in [-0.05, 0) is 37.5 Å². The lowest BCUT2D eigenvalue weighted by molar-refractivity contribution is -0.384. The first-order valence-corrected chi connectivity index (χ1v) is 8.87. The number of methoxy groups -OCH3 is 1. The zero-order valence-electron chi connectivity index (χ0n) is 15.6. The van der Waals surface area contributed by atoms with E-state index in [9.17, 15) is 14.9 Å². The van der Waals surface area contributed by atoms with Crippen molar-refractivity contribution in [3.8, 4) is 0 Å². The normalized spacial score (nSPS) is 11.6. The molecule has 144 valence electrons. The molecule has 2 rings (SSSR count). The molecule has 0 aliphatic carbocycles. The van der Waals surface area contributed by atoms with Crippen molar-refractivity contribution in [3.63, 3.8) is 0 Å². The van der Waals surface area contributed by atoms with Crippen molar-refractivity contribution in [1.82, 2.24) is 5.32 Å². The van der Waals surface area contributed by atoms with E-state index in [1.807, 2.05) is 37.3 Å². The lowest BCUT2D eigenvalue weighted by Gasteiger charge is -2.14. The molecule has 1 atom stereocenters. The van der Waals surface area contributed by atoms with E-state index in [1.165, 1.54) is 11.6 Å². The smallest absolute Gasteiger partial charge is 0.293 e. The molecule has 0 aliphatic rings. The number of aryl methyl sites for hydroxylation is 1. The van der Waals surface area contributed by atoms with Gasteiger partial charge in [0, 0.05) is 31.3 Å². The third-order valence-electron chi connectivity index (χ3n) is 4.16. The van der Waals surface area contributed by atoms with Gasteiger partial charge in [-0.15, -0.1) is 0 Å². The predicted octanol–water partition coefficient (Wildman–Crippen LogP) is 3.40. The van der Waals surface area contributed by atoms with Gasteiger partial charge in [-0.25, -0.2) is 0 Å². The quantitative estimate of drug-likeness (QED) is 0.379. The number of benzene rings is 2. The van der Waals surface area contributed by atoms with Gasteiger partial charge in [0.25, 0.3) is 11.6 Å². The molecular formula is C20H25N3O4. The molecule has 2 N–H and O–H groups in total. The monoisotopic (exact) mass is 371 g/mol. The van der Waals surface area contributed by atoms with E-state index in [1.54, 1.807) is 19.2 Å². The average molecular weight is 371 g/mol. The van der Waals surface area contributed by atoms with Gasteiger partial charge in [-0.2, -0.15) is 0 Å². The Morgan fingerprint density at radius 3 is 2.63 bits per heavy atom. The van der Waals surface area contributed by atoms with E-state index in [-0.39, 0.29) is 23.2 Å². The SMILES string of the molecule is COCCNc1ccc(C(=O)NC(C)CCc2ccccc2)cc1[N+](=O)[O-]. The van der Waals surface area contributed by atoms with Crippen molar-refractivity contribution in [2.24, 2.45) is 0 Å². The van der Waals surface area contributed by atoms with E-state index < -0.39 is 4.92 Å². The van der Waals surface area contributed by atoms with Crippen LogP contribution < -0.4 is 10.6 Å². The summed E-state index contributed by atoms with van der Waals surface area (Å²) in [6.07, 6.45) is 1.64. The molecule has 1 amide bonds. The van der Waals surface area contributed by atoms with Crippen molar-refractivity contribution in [1.29, 1.82) is 0 Å². The maximum Gasteiger partial charge on any atom is 0.293 e. The van der Waals surface area contributed by atoms with E-state index in [0.29, 0.717) is 18.8 Å². The zero-order valence-corrected chi connectivity index (χ0v) is 15.6. The van der Waals surface area contributed by atoms with Crippen LogP contribution in [0.15, 0.2) is 48.5 Å². The molecule has 0 radical (unpaired) electrons. The molecule has 7 nitrogen and oxygen atoms in total.